The summed E-state index contributed by atoms with van der Waals surface area (Å²) in [5.41, 5.74) is 1.16. The van der Waals surface area contributed by atoms with Crippen molar-refractivity contribution in [3.63, 3.8) is 0 Å². The van der Waals surface area contributed by atoms with E-state index in [4.69, 9.17) is 28.0 Å². The molecule has 3 N–H and O–H groups in total. The van der Waals surface area contributed by atoms with Gasteiger partial charge in [-0.15, -0.1) is 11.3 Å². The molecule has 2 aromatic rings. The molecule has 1 heterocycles. The number of rotatable bonds is 5. The number of halogens is 1. The number of carboxylic acids is 1. The summed E-state index contributed by atoms with van der Waals surface area (Å²) in [4.78, 5) is 14.7. The molecule has 0 saturated carbocycles. The minimum absolute atomic E-state index is 0.0244. The molecule has 0 radical (unpaired) electrons. The number of carboxylic acid groups (broad SMARTS) is 1. The predicted molar refractivity (Wildman–Crippen MR) is 83.0 cm³/mol. The predicted octanol–water partition coefficient (Wildman–Crippen LogP) is 3.11. The van der Waals surface area contributed by atoms with Crippen LogP contribution in [0, 0.1) is 6.57 Å². The third kappa shape index (κ3) is 3.37. The monoisotopic (exact) mass is 340 g/mol. The van der Waals surface area contributed by atoms with Crippen LogP contribution in [-0.4, -0.2) is 27.9 Å². The average Bonchev–Trinajstić information content (AvgIpc) is 2.82. The average molecular weight is 341 g/mol. The summed E-state index contributed by atoms with van der Waals surface area (Å²) in [6, 6.07) is 6.80. The van der Waals surface area contributed by atoms with Crippen molar-refractivity contribution in [1.82, 2.24) is 0 Å². The fourth-order valence-electron chi connectivity index (χ4n) is 1.76. The number of ether oxygens (including phenoxy) is 1. The molecule has 1 aromatic carbocycles. The van der Waals surface area contributed by atoms with Gasteiger partial charge in [0.2, 0.25) is 0 Å². The Labute approximate surface area is 134 Å². The summed E-state index contributed by atoms with van der Waals surface area (Å²) in [5.74, 6) is -1.26. The Morgan fingerprint density at radius 1 is 1.45 bits per heavy atom. The molecule has 6 nitrogen and oxygen atoms in total. The van der Waals surface area contributed by atoms with Crippen molar-refractivity contribution < 1.29 is 24.9 Å². The molecule has 0 saturated heterocycles. The van der Waals surface area contributed by atoms with E-state index < -0.39 is 18.9 Å². The number of hydrogen-bond acceptors (Lipinski definition) is 5. The van der Waals surface area contributed by atoms with E-state index in [1.807, 2.05) is 0 Å². The van der Waals surface area contributed by atoms with Crippen molar-refractivity contribution in [2.75, 3.05) is 6.61 Å². The third-order valence-corrected chi connectivity index (χ3v) is 4.40. The van der Waals surface area contributed by atoms with Crippen LogP contribution >= 0.6 is 22.9 Å². The van der Waals surface area contributed by atoms with Crippen LogP contribution in [0.25, 0.3) is 15.3 Å². The standard InChI is InChI=1S/C14H10ClNO5S/c1-16-8-4-2-3-7(5-8)12-10(15)11(21-6-9(17)18)13(22-12)14(19)20/h1-5,14,19-20H,6H2/p+1. The largest absolute Gasteiger partial charge is 0.479 e. The Morgan fingerprint density at radius 3 is 2.77 bits per heavy atom. The summed E-state index contributed by atoms with van der Waals surface area (Å²) >= 11 is 7.18. The normalized spacial score (nSPS) is 10.5. The van der Waals surface area contributed by atoms with Crippen molar-refractivity contribution in [2.45, 2.75) is 6.29 Å². The highest BCUT2D eigenvalue weighted by Gasteiger charge is 2.24. The number of carbonyl (C=O) groups is 1. The molecule has 0 bridgehead atoms. The molecule has 0 aliphatic rings. The molecule has 0 spiro atoms. The molecule has 114 valence electrons. The zero-order valence-electron chi connectivity index (χ0n) is 11.1. The molecular weight excluding hydrogens is 330 g/mol. The summed E-state index contributed by atoms with van der Waals surface area (Å²) in [5, 5.41) is 27.6. The second-order valence-electron chi connectivity index (χ2n) is 4.17. The second kappa shape index (κ2) is 6.77. The SMILES string of the molecule is C#[N+]c1cccc(-c2sc(C(O)O)c(OCC(=O)O)c2Cl)c1. The van der Waals surface area contributed by atoms with Crippen molar-refractivity contribution in [3.8, 4) is 22.8 Å². The van der Waals surface area contributed by atoms with E-state index in [1.165, 1.54) is 0 Å². The Morgan fingerprint density at radius 2 is 2.18 bits per heavy atom. The van der Waals surface area contributed by atoms with Gasteiger partial charge in [-0.1, -0.05) is 23.7 Å². The number of aliphatic hydroxyl groups excluding tert-OH is 1. The Hall–Kier alpha value is -2.11. The fourth-order valence-corrected chi connectivity index (χ4v) is 3.21. The summed E-state index contributed by atoms with van der Waals surface area (Å²) < 4.78 is 5.06. The quantitative estimate of drug-likeness (QED) is 0.727. The minimum atomic E-state index is -1.83. The minimum Gasteiger partial charge on any atom is -0.479 e. The lowest BCUT2D eigenvalue weighted by atomic mass is 10.1. The van der Waals surface area contributed by atoms with E-state index in [1.54, 1.807) is 24.3 Å². The first-order valence-electron chi connectivity index (χ1n) is 5.98. The van der Waals surface area contributed by atoms with Crippen LogP contribution in [0.2, 0.25) is 5.02 Å². The van der Waals surface area contributed by atoms with Gasteiger partial charge in [-0.2, -0.15) is 0 Å². The molecule has 0 aliphatic heterocycles. The topological polar surface area (TPSA) is 91.4 Å². The van der Waals surface area contributed by atoms with E-state index in [-0.39, 0.29) is 15.6 Å². The number of thiophene rings is 1. The molecule has 22 heavy (non-hydrogen) atoms. The van der Waals surface area contributed by atoms with Crippen molar-refractivity contribution >= 4 is 34.6 Å². The lowest BCUT2D eigenvalue weighted by molar-refractivity contribution is -0.139. The van der Waals surface area contributed by atoms with Crippen LogP contribution in [0.15, 0.2) is 24.3 Å². The molecule has 0 aliphatic carbocycles. The molecular formula is C14H11ClNO5S+. The van der Waals surface area contributed by atoms with Gasteiger partial charge in [-0.05, 0) is 4.85 Å². The lowest BCUT2D eigenvalue weighted by Crippen LogP contribution is -2.10. The second-order valence-corrected chi connectivity index (χ2v) is 5.60. The van der Waals surface area contributed by atoms with Crippen molar-refractivity contribution in [2.24, 2.45) is 0 Å². The van der Waals surface area contributed by atoms with E-state index in [0.29, 0.717) is 16.1 Å². The first-order valence-corrected chi connectivity index (χ1v) is 7.17. The molecule has 2 rings (SSSR count). The Balaban J connectivity index is 2.50. The lowest BCUT2D eigenvalue weighted by Gasteiger charge is -2.06. The van der Waals surface area contributed by atoms with Gasteiger partial charge in [0.15, 0.2) is 18.6 Å². The van der Waals surface area contributed by atoms with Crippen LogP contribution < -0.4 is 4.74 Å². The number of aliphatic carboxylic acids is 1. The van der Waals surface area contributed by atoms with Crippen molar-refractivity contribution in [1.29, 1.82) is 0 Å². The highest BCUT2D eigenvalue weighted by molar-refractivity contribution is 7.16. The number of hydrogen-bond donors (Lipinski definition) is 3. The van der Waals surface area contributed by atoms with Crippen LogP contribution in [-0.2, 0) is 4.79 Å². The molecule has 0 fully saturated rings. The van der Waals surface area contributed by atoms with Crippen LogP contribution in [0.5, 0.6) is 5.75 Å². The zero-order valence-corrected chi connectivity index (χ0v) is 12.6. The van der Waals surface area contributed by atoms with Gasteiger partial charge in [0.05, 0.1) is 4.88 Å². The summed E-state index contributed by atoms with van der Waals surface area (Å²) in [6.45, 7) is 4.58. The fraction of sp³-hybridized carbons (Fsp3) is 0.143. The maximum absolute atomic E-state index is 10.6. The Bertz CT molecular complexity index is 750. The highest BCUT2D eigenvalue weighted by Crippen LogP contribution is 2.47. The van der Waals surface area contributed by atoms with Crippen molar-refractivity contribution in [3.05, 3.63) is 39.0 Å². The van der Waals surface area contributed by atoms with E-state index in [2.05, 4.69) is 4.85 Å². The van der Waals surface area contributed by atoms with E-state index in [0.717, 1.165) is 11.3 Å². The highest BCUT2D eigenvalue weighted by atomic mass is 35.5. The summed E-state index contributed by atoms with van der Waals surface area (Å²) in [7, 11) is 0. The number of nitrogens with zero attached hydrogens (tertiary/aromatic N) is 1. The van der Waals surface area contributed by atoms with E-state index in [9.17, 15) is 15.0 Å². The van der Waals surface area contributed by atoms with Crippen LogP contribution in [0.1, 0.15) is 11.2 Å². The molecule has 0 atom stereocenters. The molecule has 0 unspecified atom stereocenters. The van der Waals surface area contributed by atoms with E-state index >= 15 is 0 Å². The van der Waals surface area contributed by atoms with Gasteiger partial charge in [-0.25, -0.2) is 4.79 Å². The molecule has 8 heteroatoms. The maximum atomic E-state index is 10.6. The van der Waals surface area contributed by atoms with Crippen LogP contribution in [0.4, 0.5) is 5.69 Å². The Kier molecular flexibility index (Phi) is 5.00. The zero-order chi connectivity index (χ0) is 16.3. The van der Waals surface area contributed by atoms with Crippen LogP contribution in [0.3, 0.4) is 0 Å². The number of benzene rings is 1. The van der Waals surface area contributed by atoms with Gasteiger partial charge in [-0.3, -0.25) is 0 Å². The number of aliphatic hydroxyl groups is 2. The molecule has 1 aromatic heterocycles. The third-order valence-electron chi connectivity index (χ3n) is 2.67. The molecule has 0 amide bonds. The van der Waals surface area contributed by atoms with Gasteiger partial charge >= 0.3 is 11.7 Å². The van der Waals surface area contributed by atoms with Gasteiger partial charge < -0.3 is 20.1 Å². The first kappa shape index (κ1) is 16.3. The summed E-state index contributed by atoms with van der Waals surface area (Å²) in [6.07, 6.45) is -1.83. The van der Waals surface area contributed by atoms with Gasteiger partial charge in [0, 0.05) is 17.7 Å². The first-order chi connectivity index (χ1) is 10.4. The maximum Gasteiger partial charge on any atom is 0.341 e. The van der Waals surface area contributed by atoms with Gasteiger partial charge in [0.1, 0.15) is 9.90 Å². The van der Waals surface area contributed by atoms with Gasteiger partial charge in [0.25, 0.3) is 6.57 Å². The smallest absolute Gasteiger partial charge is 0.341 e.